The summed E-state index contributed by atoms with van der Waals surface area (Å²) in [5.74, 6) is -0.341. The van der Waals surface area contributed by atoms with Crippen molar-refractivity contribution < 1.29 is 9.18 Å². The third kappa shape index (κ3) is 3.25. The molecule has 2 N–H and O–H groups in total. The lowest BCUT2D eigenvalue weighted by Crippen LogP contribution is -2.19. The number of hydrogen-bond donors (Lipinski definition) is 2. The first-order chi connectivity index (χ1) is 8.13. The molecule has 88 valence electrons. The van der Waals surface area contributed by atoms with Crippen LogP contribution in [0.5, 0.6) is 0 Å². The minimum Gasteiger partial charge on any atom is -0.308 e. The van der Waals surface area contributed by atoms with Gasteiger partial charge >= 0.3 is 6.03 Å². The number of urea groups is 1. The molecule has 1 aromatic heterocycles. The van der Waals surface area contributed by atoms with Crippen molar-refractivity contribution in [2.45, 2.75) is 6.92 Å². The van der Waals surface area contributed by atoms with E-state index in [4.69, 9.17) is 0 Å². The molecule has 2 rings (SSSR count). The van der Waals surface area contributed by atoms with Gasteiger partial charge in [0.25, 0.3) is 0 Å². The molecule has 0 radical (unpaired) electrons. The van der Waals surface area contributed by atoms with Crippen molar-refractivity contribution in [2.75, 3.05) is 10.6 Å². The van der Waals surface area contributed by atoms with Crippen molar-refractivity contribution in [3.05, 3.63) is 41.2 Å². The molecule has 0 unspecified atom stereocenters. The summed E-state index contributed by atoms with van der Waals surface area (Å²) in [7, 11) is 0. The maximum atomic E-state index is 12.6. The third-order valence-corrected chi connectivity index (χ3v) is 2.82. The molecule has 0 saturated carbocycles. The lowest BCUT2D eigenvalue weighted by molar-refractivity contribution is 0.262. The second-order valence-electron chi connectivity index (χ2n) is 3.38. The highest BCUT2D eigenvalue weighted by Crippen LogP contribution is 2.15. The number of amides is 2. The molecule has 0 fully saturated rings. The molecule has 0 bridgehead atoms. The van der Waals surface area contributed by atoms with Crippen LogP contribution in [0, 0.1) is 12.7 Å². The molecule has 2 amide bonds. The maximum Gasteiger partial charge on any atom is 0.325 e. The number of rotatable bonds is 2. The van der Waals surface area contributed by atoms with Crippen LogP contribution in [0.4, 0.5) is 20.0 Å². The summed E-state index contributed by atoms with van der Waals surface area (Å²) in [4.78, 5) is 15.6. The number of carbonyl (C=O) groups excluding carboxylic acids is 1. The van der Waals surface area contributed by atoms with Crippen LogP contribution in [-0.4, -0.2) is 11.0 Å². The zero-order valence-corrected chi connectivity index (χ0v) is 9.84. The molecule has 17 heavy (non-hydrogen) atoms. The summed E-state index contributed by atoms with van der Waals surface area (Å²) in [5, 5.41) is 7.54. The Balaban J connectivity index is 1.95. The normalized spacial score (nSPS) is 10.0. The number of hydrogen-bond acceptors (Lipinski definition) is 3. The van der Waals surface area contributed by atoms with Crippen molar-refractivity contribution in [2.24, 2.45) is 0 Å². The van der Waals surface area contributed by atoms with Crippen LogP contribution in [-0.2, 0) is 0 Å². The number of nitrogens with one attached hydrogen (secondary N) is 2. The SMILES string of the molecule is Cc1csc(NC(=O)Nc2ccc(F)cc2)n1. The molecule has 0 aliphatic heterocycles. The van der Waals surface area contributed by atoms with Crippen molar-refractivity contribution in [3.8, 4) is 0 Å². The average Bonchev–Trinajstić information content (AvgIpc) is 2.67. The first-order valence-electron chi connectivity index (χ1n) is 4.89. The van der Waals surface area contributed by atoms with Crippen molar-refractivity contribution in [1.29, 1.82) is 0 Å². The fourth-order valence-electron chi connectivity index (χ4n) is 1.20. The summed E-state index contributed by atoms with van der Waals surface area (Å²) in [6, 6.07) is 5.14. The molecule has 0 saturated heterocycles. The standard InChI is InChI=1S/C11H10FN3OS/c1-7-6-17-11(13-7)15-10(16)14-9-4-2-8(12)3-5-9/h2-6H,1H3,(H2,13,14,15,16). The smallest absolute Gasteiger partial charge is 0.308 e. The number of anilines is 2. The molecular weight excluding hydrogens is 241 g/mol. The molecule has 0 aliphatic carbocycles. The molecule has 6 heteroatoms. The van der Waals surface area contributed by atoms with E-state index in [9.17, 15) is 9.18 Å². The Morgan fingerprint density at radius 1 is 1.29 bits per heavy atom. The predicted molar refractivity (Wildman–Crippen MR) is 65.9 cm³/mol. The van der Waals surface area contributed by atoms with E-state index >= 15 is 0 Å². The van der Waals surface area contributed by atoms with Gasteiger partial charge in [-0.15, -0.1) is 11.3 Å². The molecule has 0 spiro atoms. The highest BCUT2D eigenvalue weighted by atomic mass is 32.1. The topological polar surface area (TPSA) is 54.0 Å². The number of thiazole rings is 1. The van der Waals surface area contributed by atoms with Crippen LogP contribution in [0.1, 0.15) is 5.69 Å². The number of nitrogens with zero attached hydrogens (tertiary/aromatic N) is 1. The lowest BCUT2D eigenvalue weighted by Gasteiger charge is -2.04. The van der Waals surface area contributed by atoms with Gasteiger partial charge in [0, 0.05) is 11.1 Å². The van der Waals surface area contributed by atoms with Gasteiger partial charge in [-0.25, -0.2) is 14.2 Å². The van der Waals surface area contributed by atoms with Crippen LogP contribution < -0.4 is 10.6 Å². The van der Waals surface area contributed by atoms with Gasteiger partial charge in [-0.3, -0.25) is 5.32 Å². The minimum atomic E-state index is -0.397. The summed E-state index contributed by atoms with van der Waals surface area (Å²) in [5.41, 5.74) is 1.38. The summed E-state index contributed by atoms with van der Waals surface area (Å²) >= 11 is 1.35. The van der Waals surface area contributed by atoms with Gasteiger partial charge in [-0.05, 0) is 31.2 Å². The highest BCUT2D eigenvalue weighted by Gasteiger charge is 2.05. The van der Waals surface area contributed by atoms with E-state index in [1.807, 2.05) is 12.3 Å². The fourth-order valence-corrected chi connectivity index (χ4v) is 1.89. The molecule has 2 aromatic rings. The molecule has 1 heterocycles. The van der Waals surface area contributed by atoms with Gasteiger partial charge in [-0.1, -0.05) is 0 Å². The van der Waals surface area contributed by atoms with E-state index in [-0.39, 0.29) is 5.82 Å². The van der Waals surface area contributed by atoms with E-state index in [0.717, 1.165) is 5.69 Å². The van der Waals surface area contributed by atoms with Gasteiger partial charge in [0.1, 0.15) is 5.82 Å². The number of benzene rings is 1. The maximum absolute atomic E-state index is 12.6. The van der Waals surface area contributed by atoms with E-state index in [0.29, 0.717) is 10.8 Å². The second kappa shape index (κ2) is 4.92. The second-order valence-corrected chi connectivity index (χ2v) is 4.24. The Hall–Kier alpha value is -1.95. The Morgan fingerprint density at radius 2 is 2.00 bits per heavy atom. The summed E-state index contributed by atoms with van der Waals surface area (Å²) < 4.78 is 12.6. The Bertz CT molecular complexity index is 524. The van der Waals surface area contributed by atoms with Gasteiger partial charge in [0.05, 0.1) is 5.69 Å². The quantitative estimate of drug-likeness (QED) is 0.860. The van der Waals surface area contributed by atoms with Crippen LogP contribution in [0.25, 0.3) is 0 Å². The number of aromatic nitrogens is 1. The van der Waals surface area contributed by atoms with Gasteiger partial charge < -0.3 is 5.32 Å². The van der Waals surface area contributed by atoms with Gasteiger partial charge in [0.2, 0.25) is 0 Å². The average molecular weight is 251 g/mol. The van der Waals surface area contributed by atoms with Gasteiger partial charge in [-0.2, -0.15) is 0 Å². The molecular formula is C11H10FN3OS. The Kier molecular flexibility index (Phi) is 3.34. The van der Waals surface area contributed by atoms with Crippen LogP contribution in [0.3, 0.4) is 0 Å². The predicted octanol–water partition coefficient (Wildman–Crippen LogP) is 3.23. The fraction of sp³-hybridized carbons (Fsp3) is 0.0909. The van der Waals surface area contributed by atoms with E-state index < -0.39 is 6.03 Å². The summed E-state index contributed by atoms with van der Waals surface area (Å²) in [6.07, 6.45) is 0. The zero-order chi connectivity index (χ0) is 12.3. The molecule has 4 nitrogen and oxygen atoms in total. The van der Waals surface area contributed by atoms with E-state index in [2.05, 4.69) is 15.6 Å². The number of carbonyl (C=O) groups is 1. The zero-order valence-electron chi connectivity index (χ0n) is 9.03. The third-order valence-electron chi connectivity index (χ3n) is 1.94. The minimum absolute atomic E-state index is 0.341. The first-order valence-corrected chi connectivity index (χ1v) is 5.77. The molecule has 1 aromatic carbocycles. The molecule has 0 atom stereocenters. The van der Waals surface area contributed by atoms with Crippen molar-refractivity contribution in [1.82, 2.24) is 4.98 Å². The first kappa shape index (κ1) is 11.5. The number of halogens is 1. The van der Waals surface area contributed by atoms with E-state index in [1.165, 1.54) is 35.6 Å². The summed E-state index contributed by atoms with van der Waals surface area (Å²) in [6.45, 7) is 1.85. The largest absolute Gasteiger partial charge is 0.325 e. The van der Waals surface area contributed by atoms with Crippen LogP contribution in [0.2, 0.25) is 0 Å². The van der Waals surface area contributed by atoms with Gasteiger partial charge in [0.15, 0.2) is 5.13 Å². The van der Waals surface area contributed by atoms with Crippen LogP contribution >= 0.6 is 11.3 Å². The van der Waals surface area contributed by atoms with Crippen molar-refractivity contribution >= 4 is 28.2 Å². The number of aryl methyl sites for hydroxylation is 1. The van der Waals surface area contributed by atoms with Crippen molar-refractivity contribution in [3.63, 3.8) is 0 Å². The molecule has 0 aliphatic rings. The van der Waals surface area contributed by atoms with E-state index in [1.54, 1.807) is 0 Å². The monoisotopic (exact) mass is 251 g/mol. The highest BCUT2D eigenvalue weighted by molar-refractivity contribution is 7.13. The Morgan fingerprint density at radius 3 is 2.59 bits per heavy atom. The Labute approximate surface area is 102 Å². The van der Waals surface area contributed by atoms with Crippen LogP contribution in [0.15, 0.2) is 29.6 Å². The lowest BCUT2D eigenvalue weighted by atomic mass is 10.3.